The summed E-state index contributed by atoms with van der Waals surface area (Å²) < 4.78 is 19.2. The average molecular weight is 291 g/mol. The first-order valence-corrected chi connectivity index (χ1v) is 8.32. The highest BCUT2D eigenvalue weighted by Gasteiger charge is 2.38. The van der Waals surface area contributed by atoms with Gasteiger partial charge in [-0.2, -0.15) is 0 Å². The van der Waals surface area contributed by atoms with Crippen LogP contribution in [0, 0.1) is 5.82 Å². The molecule has 0 radical (unpaired) electrons. The van der Waals surface area contributed by atoms with E-state index in [1.807, 2.05) is 12.1 Å². The second kappa shape index (κ2) is 6.45. The molecule has 2 atom stereocenters. The third kappa shape index (κ3) is 3.64. The molecule has 2 nitrogen and oxygen atoms in total. The first-order chi connectivity index (χ1) is 10.2. The lowest BCUT2D eigenvalue weighted by Gasteiger charge is -2.44. The molecule has 116 valence electrons. The van der Waals surface area contributed by atoms with E-state index in [-0.39, 0.29) is 17.5 Å². The Morgan fingerprint density at radius 2 is 1.90 bits per heavy atom. The molecule has 1 N–H and O–H groups in total. The first kappa shape index (κ1) is 15.0. The molecule has 3 rings (SSSR count). The van der Waals surface area contributed by atoms with E-state index < -0.39 is 0 Å². The lowest BCUT2D eigenvalue weighted by molar-refractivity contribution is -0.110. The molecule has 1 saturated carbocycles. The van der Waals surface area contributed by atoms with Gasteiger partial charge in [0.2, 0.25) is 0 Å². The largest absolute Gasteiger partial charge is 0.375 e. The molecule has 0 bridgehead atoms. The van der Waals surface area contributed by atoms with Crippen molar-refractivity contribution in [2.45, 2.75) is 69.6 Å². The zero-order chi connectivity index (χ0) is 14.7. The van der Waals surface area contributed by atoms with Crippen molar-refractivity contribution in [3.05, 3.63) is 35.6 Å². The van der Waals surface area contributed by atoms with E-state index in [0.717, 1.165) is 25.0 Å². The predicted molar refractivity (Wildman–Crippen MR) is 82.7 cm³/mol. The molecule has 1 aromatic carbocycles. The monoisotopic (exact) mass is 291 g/mol. The summed E-state index contributed by atoms with van der Waals surface area (Å²) >= 11 is 0. The standard InChI is InChI=1S/C18H26FNO/c1-14(15-5-7-16(19)8-6-15)20-17-9-12-21-18(13-17)10-3-2-4-11-18/h5-8,14,17,20H,2-4,9-13H2,1H3. The Kier molecular flexibility index (Phi) is 4.60. The van der Waals surface area contributed by atoms with Crippen LogP contribution in [0.3, 0.4) is 0 Å². The minimum absolute atomic E-state index is 0.136. The van der Waals surface area contributed by atoms with Gasteiger partial charge in [0.05, 0.1) is 5.60 Å². The van der Waals surface area contributed by atoms with E-state index in [0.29, 0.717) is 6.04 Å². The Labute approximate surface area is 127 Å². The molecule has 2 unspecified atom stereocenters. The van der Waals surface area contributed by atoms with Gasteiger partial charge in [0.15, 0.2) is 0 Å². The van der Waals surface area contributed by atoms with E-state index in [9.17, 15) is 4.39 Å². The highest BCUT2D eigenvalue weighted by molar-refractivity contribution is 5.19. The maximum Gasteiger partial charge on any atom is 0.123 e. The van der Waals surface area contributed by atoms with Gasteiger partial charge in [-0.15, -0.1) is 0 Å². The minimum atomic E-state index is -0.168. The van der Waals surface area contributed by atoms with Crippen LogP contribution in [-0.2, 0) is 4.74 Å². The van der Waals surface area contributed by atoms with Crippen molar-refractivity contribution < 1.29 is 9.13 Å². The average Bonchev–Trinajstić information content (AvgIpc) is 2.49. The van der Waals surface area contributed by atoms with Gasteiger partial charge in [-0.1, -0.05) is 31.4 Å². The van der Waals surface area contributed by atoms with Crippen molar-refractivity contribution in [3.8, 4) is 0 Å². The van der Waals surface area contributed by atoms with E-state index in [1.165, 1.54) is 32.1 Å². The summed E-state index contributed by atoms with van der Waals surface area (Å²) in [4.78, 5) is 0. The van der Waals surface area contributed by atoms with Crippen molar-refractivity contribution in [3.63, 3.8) is 0 Å². The second-order valence-corrected chi connectivity index (χ2v) is 6.72. The smallest absolute Gasteiger partial charge is 0.123 e. The summed E-state index contributed by atoms with van der Waals surface area (Å²) in [6, 6.07) is 7.61. The van der Waals surface area contributed by atoms with Crippen molar-refractivity contribution in [2.75, 3.05) is 6.61 Å². The topological polar surface area (TPSA) is 21.3 Å². The third-order valence-corrected chi connectivity index (χ3v) is 5.11. The van der Waals surface area contributed by atoms with Gasteiger partial charge in [-0.3, -0.25) is 0 Å². The molecule has 1 aromatic rings. The van der Waals surface area contributed by atoms with Crippen molar-refractivity contribution in [1.82, 2.24) is 5.32 Å². The molecule has 1 aliphatic carbocycles. The van der Waals surface area contributed by atoms with Gasteiger partial charge < -0.3 is 10.1 Å². The van der Waals surface area contributed by atoms with Crippen LogP contribution >= 0.6 is 0 Å². The summed E-state index contributed by atoms with van der Waals surface area (Å²) in [5.41, 5.74) is 1.29. The maximum atomic E-state index is 13.0. The number of rotatable bonds is 3. The number of hydrogen-bond acceptors (Lipinski definition) is 2. The molecule has 2 aliphatic rings. The van der Waals surface area contributed by atoms with E-state index >= 15 is 0 Å². The van der Waals surface area contributed by atoms with Gasteiger partial charge in [0.1, 0.15) is 5.82 Å². The van der Waals surface area contributed by atoms with Crippen molar-refractivity contribution in [2.24, 2.45) is 0 Å². The molecule has 3 heteroatoms. The van der Waals surface area contributed by atoms with Crippen LogP contribution < -0.4 is 5.32 Å². The van der Waals surface area contributed by atoms with Gasteiger partial charge in [0, 0.05) is 18.7 Å². The molecule has 1 spiro atoms. The Hall–Kier alpha value is -0.930. The fourth-order valence-corrected chi connectivity index (χ4v) is 3.92. The summed E-state index contributed by atoms with van der Waals surface area (Å²) in [6.07, 6.45) is 8.60. The molecule has 1 heterocycles. The fourth-order valence-electron chi connectivity index (χ4n) is 3.92. The van der Waals surface area contributed by atoms with E-state index in [1.54, 1.807) is 12.1 Å². The van der Waals surface area contributed by atoms with E-state index in [4.69, 9.17) is 4.74 Å². The molecular formula is C18H26FNO. The van der Waals surface area contributed by atoms with E-state index in [2.05, 4.69) is 12.2 Å². The zero-order valence-electron chi connectivity index (χ0n) is 12.9. The summed E-state index contributed by atoms with van der Waals surface area (Å²) in [7, 11) is 0. The number of nitrogens with one attached hydrogen (secondary N) is 1. The van der Waals surface area contributed by atoms with Gasteiger partial charge >= 0.3 is 0 Å². The van der Waals surface area contributed by atoms with Crippen LogP contribution in [-0.4, -0.2) is 18.2 Å². The Morgan fingerprint density at radius 1 is 1.19 bits per heavy atom. The van der Waals surface area contributed by atoms with Gasteiger partial charge in [0.25, 0.3) is 0 Å². The third-order valence-electron chi connectivity index (χ3n) is 5.11. The molecule has 21 heavy (non-hydrogen) atoms. The van der Waals surface area contributed by atoms with Crippen LogP contribution in [0.25, 0.3) is 0 Å². The Balaban J connectivity index is 1.60. The highest BCUT2D eigenvalue weighted by atomic mass is 19.1. The highest BCUT2D eigenvalue weighted by Crippen LogP contribution is 2.38. The summed E-state index contributed by atoms with van der Waals surface area (Å²) in [5, 5.41) is 3.72. The van der Waals surface area contributed by atoms with Crippen molar-refractivity contribution in [1.29, 1.82) is 0 Å². The van der Waals surface area contributed by atoms with Gasteiger partial charge in [-0.05, 0) is 50.3 Å². The van der Waals surface area contributed by atoms with Gasteiger partial charge in [-0.25, -0.2) is 4.39 Å². The lowest BCUT2D eigenvalue weighted by atomic mass is 9.78. The van der Waals surface area contributed by atoms with Crippen LogP contribution in [0.15, 0.2) is 24.3 Å². The molecule has 2 fully saturated rings. The summed E-state index contributed by atoms with van der Waals surface area (Å²) in [6.45, 7) is 3.03. The van der Waals surface area contributed by atoms with Crippen LogP contribution in [0.1, 0.15) is 63.5 Å². The molecule has 0 aromatic heterocycles. The zero-order valence-corrected chi connectivity index (χ0v) is 12.9. The fraction of sp³-hybridized carbons (Fsp3) is 0.667. The van der Waals surface area contributed by atoms with Crippen LogP contribution in [0.2, 0.25) is 0 Å². The molecular weight excluding hydrogens is 265 g/mol. The first-order valence-electron chi connectivity index (χ1n) is 8.32. The molecule has 0 amide bonds. The SMILES string of the molecule is CC(NC1CCOC2(CCCCC2)C1)c1ccc(F)cc1. The minimum Gasteiger partial charge on any atom is -0.375 e. The summed E-state index contributed by atoms with van der Waals surface area (Å²) in [5.74, 6) is -0.168. The number of benzene rings is 1. The van der Waals surface area contributed by atoms with Crippen LogP contribution in [0.5, 0.6) is 0 Å². The van der Waals surface area contributed by atoms with Crippen LogP contribution in [0.4, 0.5) is 4.39 Å². The Morgan fingerprint density at radius 3 is 2.62 bits per heavy atom. The number of halogens is 1. The second-order valence-electron chi connectivity index (χ2n) is 6.72. The predicted octanol–water partition coefficient (Wildman–Crippen LogP) is 4.36. The molecule has 1 aliphatic heterocycles. The normalized spacial score (nSPS) is 26.7. The quantitative estimate of drug-likeness (QED) is 0.893. The van der Waals surface area contributed by atoms with Crippen molar-refractivity contribution >= 4 is 0 Å². The number of ether oxygens (including phenoxy) is 1. The maximum absolute atomic E-state index is 13.0. The number of hydrogen-bond donors (Lipinski definition) is 1. The Bertz CT molecular complexity index is 447. The molecule has 1 saturated heterocycles. The lowest BCUT2D eigenvalue weighted by Crippen LogP contribution is -2.48.